The largest absolute Gasteiger partial charge is 0.344 e. The van der Waals surface area contributed by atoms with Gasteiger partial charge in [-0.15, -0.1) is 11.6 Å². The van der Waals surface area contributed by atoms with Gasteiger partial charge in [-0.2, -0.15) is 5.10 Å². The molecule has 5 heteroatoms. The highest BCUT2D eigenvalue weighted by atomic mass is 35.5. The van der Waals surface area contributed by atoms with Crippen LogP contribution in [-0.4, -0.2) is 27.1 Å². The molecule has 1 N–H and O–H groups in total. The van der Waals surface area contributed by atoms with Crippen molar-refractivity contribution in [1.29, 1.82) is 0 Å². The standard InChI is InChI=1S/C10H16ClN3O/c1-4-10(2,7-11)13-9(15)8-5-6-12-14(8)3/h5-6H,4,7H2,1-3H3,(H,13,15). The molecule has 4 nitrogen and oxygen atoms in total. The van der Waals surface area contributed by atoms with E-state index in [1.54, 1.807) is 24.0 Å². The van der Waals surface area contributed by atoms with Crippen molar-refractivity contribution in [3.05, 3.63) is 18.0 Å². The second kappa shape index (κ2) is 4.66. The number of carbonyl (C=O) groups excluding carboxylic acids is 1. The summed E-state index contributed by atoms with van der Waals surface area (Å²) in [5, 5.41) is 6.85. The number of aryl methyl sites for hydroxylation is 1. The highest BCUT2D eigenvalue weighted by Gasteiger charge is 2.24. The fraction of sp³-hybridized carbons (Fsp3) is 0.600. The van der Waals surface area contributed by atoms with Crippen LogP contribution in [0.25, 0.3) is 0 Å². The van der Waals surface area contributed by atoms with Gasteiger partial charge in [0.05, 0.1) is 5.54 Å². The van der Waals surface area contributed by atoms with Gasteiger partial charge in [-0.1, -0.05) is 6.92 Å². The summed E-state index contributed by atoms with van der Waals surface area (Å²) in [7, 11) is 1.74. The molecule has 0 saturated heterocycles. The molecule has 1 aromatic heterocycles. The van der Waals surface area contributed by atoms with Crippen LogP contribution >= 0.6 is 11.6 Å². The van der Waals surface area contributed by atoms with E-state index >= 15 is 0 Å². The summed E-state index contributed by atoms with van der Waals surface area (Å²) in [6.45, 7) is 3.92. The first-order valence-corrected chi connectivity index (χ1v) is 5.42. The number of amides is 1. The number of carbonyl (C=O) groups is 1. The topological polar surface area (TPSA) is 46.9 Å². The Bertz CT molecular complexity index is 344. The van der Waals surface area contributed by atoms with Crippen LogP contribution in [-0.2, 0) is 7.05 Å². The minimum atomic E-state index is -0.358. The van der Waals surface area contributed by atoms with Crippen LogP contribution in [0.2, 0.25) is 0 Å². The summed E-state index contributed by atoms with van der Waals surface area (Å²) in [6, 6.07) is 1.68. The first-order valence-electron chi connectivity index (χ1n) is 4.89. The predicted octanol–water partition coefficient (Wildman–Crippen LogP) is 1.56. The monoisotopic (exact) mass is 229 g/mol. The predicted molar refractivity (Wildman–Crippen MR) is 60.1 cm³/mol. The zero-order valence-electron chi connectivity index (χ0n) is 9.25. The fourth-order valence-electron chi connectivity index (χ4n) is 1.15. The van der Waals surface area contributed by atoms with Gasteiger partial charge in [0.25, 0.3) is 5.91 Å². The Kier molecular flexibility index (Phi) is 3.74. The lowest BCUT2D eigenvalue weighted by atomic mass is 10.0. The number of rotatable bonds is 4. The normalized spacial score (nSPS) is 14.7. The van der Waals surface area contributed by atoms with E-state index in [9.17, 15) is 4.79 Å². The molecule has 0 fully saturated rings. The number of hydrogen-bond acceptors (Lipinski definition) is 2. The SMILES string of the molecule is CCC(C)(CCl)NC(=O)c1ccnn1C. The molecule has 15 heavy (non-hydrogen) atoms. The van der Waals surface area contributed by atoms with Gasteiger partial charge >= 0.3 is 0 Å². The highest BCUT2D eigenvalue weighted by Crippen LogP contribution is 2.12. The lowest BCUT2D eigenvalue weighted by molar-refractivity contribution is 0.0902. The molecular weight excluding hydrogens is 214 g/mol. The Hall–Kier alpha value is -1.03. The third-order valence-corrected chi connectivity index (χ3v) is 3.13. The molecule has 1 amide bonds. The zero-order valence-corrected chi connectivity index (χ0v) is 10.0. The highest BCUT2D eigenvalue weighted by molar-refractivity contribution is 6.18. The maximum Gasteiger partial charge on any atom is 0.269 e. The quantitative estimate of drug-likeness (QED) is 0.797. The molecule has 0 spiro atoms. The van der Waals surface area contributed by atoms with E-state index in [1.165, 1.54) is 0 Å². The van der Waals surface area contributed by atoms with E-state index in [0.717, 1.165) is 6.42 Å². The van der Waals surface area contributed by atoms with Gasteiger partial charge in [0.1, 0.15) is 5.69 Å². The van der Waals surface area contributed by atoms with Gasteiger partial charge in [0.2, 0.25) is 0 Å². The molecule has 0 aliphatic carbocycles. The van der Waals surface area contributed by atoms with Crippen molar-refractivity contribution < 1.29 is 4.79 Å². The third kappa shape index (κ3) is 2.72. The molecule has 0 bridgehead atoms. The molecule has 1 atom stereocenters. The Balaban J connectivity index is 2.76. The first-order chi connectivity index (χ1) is 7.02. The number of nitrogens with one attached hydrogen (secondary N) is 1. The van der Waals surface area contributed by atoms with Crippen LogP contribution in [0.15, 0.2) is 12.3 Å². The average molecular weight is 230 g/mol. The van der Waals surface area contributed by atoms with Gasteiger partial charge < -0.3 is 5.32 Å². The average Bonchev–Trinajstić information content (AvgIpc) is 2.64. The van der Waals surface area contributed by atoms with E-state index in [-0.39, 0.29) is 11.4 Å². The van der Waals surface area contributed by atoms with Crippen LogP contribution in [0.3, 0.4) is 0 Å². The smallest absolute Gasteiger partial charge is 0.269 e. The van der Waals surface area contributed by atoms with Crippen LogP contribution in [0.5, 0.6) is 0 Å². The Morgan fingerprint density at radius 3 is 2.80 bits per heavy atom. The van der Waals surface area contributed by atoms with Crippen molar-refractivity contribution in [2.75, 3.05) is 5.88 Å². The molecule has 0 radical (unpaired) electrons. The molecule has 0 aromatic carbocycles. The molecule has 1 aromatic rings. The summed E-state index contributed by atoms with van der Waals surface area (Å²) >= 11 is 5.82. The van der Waals surface area contributed by atoms with Gasteiger partial charge in [-0.25, -0.2) is 0 Å². The number of nitrogens with zero attached hydrogens (tertiary/aromatic N) is 2. The maximum absolute atomic E-state index is 11.8. The third-order valence-electron chi connectivity index (χ3n) is 2.54. The van der Waals surface area contributed by atoms with Crippen LogP contribution < -0.4 is 5.32 Å². The Morgan fingerprint density at radius 1 is 1.73 bits per heavy atom. The number of halogens is 1. The second-order valence-electron chi connectivity index (χ2n) is 3.84. The number of aromatic nitrogens is 2. The summed E-state index contributed by atoms with van der Waals surface area (Å²) in [4.78, 5) is 11.8. The fourth-order valence-corrected chi connectivity index (χ4v) is 1.41. The van der Waals surface area contributed by atoms with Crippen molar-refractivity contribution in [1.82, 2.24) is 15.1 Å². The van der Waals surface area contributed by atoms with Gasteiger partial charge in [0.15, 0.2) is 0 Å². The molecule has 1 unspecified atom stereocenters. The van der Waals surface area contributed by atoms with Crippen molar-refractivity contribution in [3.8, 4) is 0 Å². The van der Waals surface area contributed by atoms with E-state index in [2.05, 4.69) is 10.4 Å². The van der Waals surface area contributed by atoms with E-state index in [4.69, 9.17) is 11.6 Å². The lowest BCUT2D eigenvalue weighted by Crippen LogP contribution is -2.47. The van der Waals surface area contributed by atoms with Gasteiger partial charge in [0, 0.05) is 19.1 Å². The van der Waals surface area contributed by atoms with Crippen LogP contribution in [0.1, 0.15) is 30.8 Å². The molecule has 1 rings (SSSR count). The summed E-state index contributed by atoms with van der Waals surface area (Å²) in [5.74, 6) is 0.257. The minimum absolute atomic E-state index is 0.139. The first kappa shape index (κ1) is 12.0. The summed E-state index contributed by atoms with van der Waals surface area (Å²) in [5.41, 5.74) is 0.183. The molecule has 0 aliphatic rings. The lowest BCUT2D eigenvalue weighted by Gasteiger charge is -2.26. The van der Waals surface area contributed by atoms with Gasteiger partial charge in [-0.05, 0) is 19.4 Å². The Morgan fingerprint density at radius 2 is 2.40 bits per heavy atom. The summed E-state index contributed by atoms with van der Waals surface area (Å²) < 4.78 is 1.54. The van der Waals surface area contributed by atoms with E-state index in [1.807, 2.05) is 13.8 Å². The van der Waals surface area contributed by atoms with Crippen LogP contribution in [0, 0.1) is 0 Å². The number of hydrogen-bond donors (Lipinski definition) is 1. The van der Waals surface area contributed by atoms with E-state index < -0.39 is 0 Å². The van der Waals surface area contributed by atoms with Crippen molar-refractivity contribution in [2.45, 2.75) is 25.8 Å². The molecule has 84 valence electrons. The Labute approximate surface area is 94.6 Å². The van der Waals surface area contributed by atoms with Crippen molar-refractivity contribution in [3.63, 3.8) is 0 Å². The van der Waals surface area contributed by atoms with Crippen molar-refractivity contribution >= 4 is 17.5 Å². The molecular formula is C10H16ClN3O. The number of alkyl halides is 1. The summed E-state index contributed by atoms with van der Waals surface area (Å²) in [6.07, 6.45) is 2.39. The zero-order chi connectivity index (χ0) is 11.5. The second-order valence-corrected chi connectivity index (χ2v) is 4.11. The molecule has 0 aliphatic heterocycles. The molecule has 0 saturated carbocycles. The van der Waals surface area contributed by atoms with Crippen LogP contribution in [0.4, 0.5) is 0 Å². The van der Waals surface area contributed by atoms with E-state index in [0.29, 0.717) is 11.6 Å². The minimum Gasteiger partial charge on any atom is -0.344 e. The molecule has 1 heterocycles. The van der Waals surface area contributed by atoms with Crippen molar-refractivity contribution in [2.24, 2.45) is 7.05 Å². The maximum atomic E-state index is 11.8. The van der Waals surface area contributed by atoms with Gasteiger partial charge in [-0.3, -0.25) is 9.48 Å².